The maximum Gasteiger partial charge on any atom is 0.182 e. The summed E-state index contributed by atoms with van der Waals surface area (Å²) in [6, 6.07) is 47.6. The van der Waals surface area contributed by atoms with Crippen LogP contribution in [0.25, 0.3) is 45.1 Å². The Morgan fingerprint density at radius 2 is 1.02 bits per heavy atom. The molecule has 0 radical (unpaired) electrons. The molecule has 0 fully saturated rings. The number of fused-ring (bicyclic) bond motifs is 1. The van der Waals surface area contributed by atoms with Crippen molar-refractivity contribution in [2.75, 3.05) is 5.32 Å². The Labute approximate surface area is 249 Å². The highest BCUT2D eigenvalue weighted by Crippen LogP contribution is 2.30. The lowest BCUT2D eigenvalue weighted by Gasteiger charge is -2.15. The number of pyridine rings is 1. The molecule has 0 aliphatic heterocycles. The third kappa shape index (κ3) is 5.49. The van der Waals surface area contributed by atoms with E-state index >= 15 is 0 Å². The van der Waals surface area contributed by atoms with Gasteiger partial charge in [-0.15, -0.1) is 0 Å². The van der Waals surface area contributed by atoms with Crippen LogP contribution in [0.3, 0.4) is 0 Å². The Balaban J connectivity index is 1.32. The molecule has 204 valence electrons. The van der Waals surface area contributed by atoms with Gasteiger partial charge in [0.15, 0.2) is 17.5 Å². The van der Waals surface area contributed by atoms with Crippen molar-refractivity contribution in [1.82, 2.24) is 19.9 Å². The van der Waals surface area contributed by atoms with E-state index in [9.17, 15) is 5.41 Å². The summed E-state index contributed by atoms with van der Waals surface area (Å²) in [5.74, 6) is 1.58. The predicted molar refractivity (Wildman–Crippen MR) is 174 cm³/mol. The molecule has 0 aliphatic carbocycles. The van der Waals surface area contributed by atoms with E-state index in [1.165, 1.54) is 0 Å². The smallest absolute Gasteiger partial charge is 0.182 e. The Morgan fingerprint density at radius 3 is 1.65 bits per heavy atom. The van der Waals surface area contributed by atoms with Crippen LogP contribution in [0.5, 0.6) is 0 Å². The van der Waals surface area contributed by atoms with E-state index in [4.69, 9.17) is 19.9 Å². The van der Waals surface area contributed by atoms with Gasteiger partial charge in [-0.1, -0.05) is 109 Å². The Kier molecular flexibility index (Phi) is 6.91. The number of hydrogen-bond acceptors (Lipinski definition) is 6. The second kappa shape index (κ2) is 11.5. The first-order valence-corrected chi connectivity index (χ1v) is 14.0. The molecule has 0 atom stereocenters. The highest BCUT2D eigenvalue weighted by Gasteiger charge is 2.17. The lowest BCUT2D eigenvalue weighted by Crippen LogP contribution is -2.09. The molecule has 6 nitrogen and oxygen atoms in total. The summed E-state index contributed by atoms with van der Waals surface area (Å²) in [5, 5.41) is 15.0. The van der Waals surface area contributed by atoms with E-state index in [-0.39, 0.29) is 0 Å². The minimum atomic E-state index is 0.298. The normalized spacial score (nSPS) is 10.9. The molecule has 0 aliphatic rings. The van der Waals surface area contributed by atoms with Crippen molar-refractivity contribution < 1.29 is 0 Å². The van der Waals surface area contributed by atoms with Crippen molar-refractivity contribution in [2.45, 2.75) is 0 Å². The SMILES string of the molecule is N=C(c1cccc(-c2nc(-c3ccccc3)nc(-c3ccccc3)n2)n1)c1cc2ccccc2cc1Nc1ccccc1. The number of aromatic nitrogens is 4. The Morgan fingerprint density at radius 1 is 0.488 bits per heavy atom. The number of nitrogens with one attached hydrogen (secondary N) is 2. The molecular weight excluding hydrogens is 528 g/mol. The molecule has 7 aromatic rings. The van der Waals surface area contributed by atoms with Gasteiger partial charge in [-0.3, -0.25) is 5.41 Å². The zero-order valence-electron chi connectivity index (χ0n) is 23.1. The van der Waals surface area contributed by atoms with Crippen LogP contribution in [-0.2, 0) is 0 Å². The van der Waals surface area contributed by atoms with E-state index in [0.29, 0.717) is 34.6 Å². The first-order chi connectivity index (χ1) is 21.2. The number of para-hydroxylation sites is 1. The van der Waals surface area contributed by atoms with Crippen molar-refractivity contribution in [3.63, 3.8) is 0 Å². The largest absolute Gasteiger partial charge is 0.355 e. The molecule has 0 bridgehead atoms. The number of benzene rings is 5. The van der Waals surface area contributed by atoms with Crippen LogP contribution >= 0.6 is 0 Å². The van der Waals surface area contributed by atoms with Crippen molar-refractivity contribution in [2.24, 2.45) is 0 Å². The second-order valence-corrected chi connectivity index (χ2v) is 10.1. The quantitative estimate of drug-likeness (QED) is 0.193. The summed E-state index contributed by atoms with van der Waals surface area (Å²) in [6.07, 6.45) is 0. The fourth-order valence-electron chi connectivity index (χ4n) is 4.99. The zero-order chi connectivity index (χ0) is 29.0. The van der Waals surface area contributed by atoms with Crippen LogP contribution in [0.2, 0.25) is 0 Å². The molecule has 0 saturated carbocycles. The molecule has 2 aromatic heterocycles. The summed E-state index contributed by atoms with van der Waals surface area (Å²) < 4.78 is 0. The summed E-state index contributed by atoms with van der Waals surface area (Å²) in [5.41, 5.74) is 5.69. The molecule has 7 rings (SSSR count). The average molecular weight is 555 g/mol. The fourth-order valence-corrected chi connectivity index (χ4v) is 4.99. The summed E-state index contributed by atoms with van der Waals surface area (Å²) in [4.78, 5) is 19.3. The van der Waals surface area contributed by atoms with Gasteiger partial charge in [0.25, 0.3) is 0 Å². The van der Waals surface area contributed by atoms with Crippen molar-refractivity contribution in [3.05, 3.63) is 157 Å². The molecule has 0 saturated heterocycles. The van der Waals surface area contributed by atoms with Crippen LogP contribution in [0.15, 0.2) is 146 Å². The van der Waals surface area contributed by atoms with Gasteiger partial charge in [0.05, 0.1) is 11.4 Å². The van der Waals surface area contributed by atoms with Crippen LogP contribution in [0, 0.1) is 5.41 Å². The van der Waals surface area contributed by atoms with E-state index < -0.39 is 0 Å². The van der Waals surface area contributed by atoms with Crippen molar-refractivity contribution in [3.8, 4) is 34.3 Å². The Bertz CT molecular complexity index is 2000. The highest BCUT2D eigenvalue weighted by molar-refractivity contribution is 6.15. The molecule has 6 heteroatoms. The minimum Gasteiger partial charge on any atom is -0.355 e. The third-order valence-corrected chi connectivity index (χ3v) is 7.14. The Hall–Kier alpha value is -6.01. The van der Waals surface area contributed by atoms with E-state index in [1.807, 2.05) is 127 Å². The van der Waals surface area contributed by atoms with Crippen molar-refractivity contribution in [1.29, 1.82) is 5.41 Å². The fraction of sp³-hybridized carbons (Fsp3) is 0. The van der Waals surface area contributed by atoms with E-state index in [2.05, 4.69) is 23.5 Å². The molecule has 5 aromatic carbocycles. The van der Waals surface area contributed by atoms with Gasteiger partial charge in [-0.2, -0.15) is 0 Å². The van der Waals surface area contributed by atoms with Gasteiger partial charge in [0.1, 0.15) is 5.69 Å². The summed E-state index contributed by atoms with van der Waals surface area (Å²) >= 11 is 0. The third-order valence-electron chi connectivity index (χ3n) is 7.14. The van der Waals surface area contributed by atoms with Crippen LogP contribution < -0.4 is 5.32 Å². The molecular formula is C37H26N6. The highest BCUT2D eigenvalue weighted by atomic mass is 15.0. The second-order valence-electron chi connectivity index (χ2n) is 10.1. The molecule has 0 spiro atoms. The van der Waals surface area contributed by atoms with Crippen molar-refractivity contribution >= 4 is 27.9 Å². The monoisotopic (exact) mass is 554 g/mol. The van der Waals surface area contributed by atoms with E-state index in [0.717, 1.165) is 38.8 Å². The molecule has 2 heterocycles. The lowest BCUT2D eigenvalue weighted by molar-refractivity contribution is 1.06. The maximum atomic E-state index is 9.31. The summed E-state index contributed by atoms with van der Waals surface area (Å²) in [7, 11) is 0. The number of rotatable bonds is 7. The molecule has 0 unspecified atom stereocenters. The summed E-state index contributed by atoms with van der Waals surface area (Å²) in [6.45, 7) is 0. The topological polar surface area (TPSA) is 87.4 Å². The number of anilines is 2. The predicted octanol–water partition coefficient (Wildman–Crippen LogP) is 8.58. The number of hydrogen-bond donors (Lipinski definition) is 2. The van der Waals surface area contributed by atoms with Gasteiger partial charge >= 0.3 is 0 Å². The van der Waals surface area contributed by atoms with Crippen LogP contribution in [-0.4, -0.2) is 25.6 Å². The van der Waals surface area contributed by atoms with Gasteiger partial charge in [-0.25, -0.2) is 19.9 Å². The molecule has 0 amide bonds. The van der Waals surface area contributed by atoms with E-state index in [1.54, 1.807) is 0 Å². The first kappa shape index (κ1) is 25.9. The molecule has 2 N–H and O–H groups in total. The van der Waals surface area contributed by atoms with Gasteiger partial charge < -0.3 is 5.32 Å². The molecule has 43 heavy (non-hydrogen) atoms. The first-order valence-electron chi connectivity index (χ1n) is 14.0. The van der Waals surface area contributed by atoms with Gasteiger partial charge in [-0.05, 0) is 47.2 Å². The zero-order valence-corrected chi connectivity index (χ0v) is 23.1. The average Bonchev–Trinajstić information content (AvgIpc) is 3.09. The number of nitrogens with zero attached hydrogens (tertiary/aromatic N) is 4. The van der Waals surface area contributed by atoms with Gasteiger partial charge in [0.2, 0.25) is 0 Å². The van der Waals surface area contributed by atoms with Crippen LogP contribution in [0.4, 0.5) is 11.4 Å². The standard InChI is InChI=1S/C37H26N6/c38-34(30-23-27-17-10-11-18-28(27)24-33(30)39-29-19-8-3-9-20-29)31-21-12-22-32(40-31)37-42-35(25-13-4-1-5-14-25)41-36(43-37)26-15-6-2-7-16-26/h1-24,38-39H. The minimum absolute atomic E-state index is 0.298. The maximum absolute atomic E-state index is 9.31. The van der Waals surface area contributed by atoms with Crippen LogP contribution in [0.1, 0.15) is 11.3 Å². The van der Waals surface area contributed by atoms with Gasteiger partial charge in [0, 0.05) is 28.1 Å². The lowest BCUT2D eigenvalue weighted by atomic mass is 9.99.